The Morgan fingerprint density at radius 3 is 2.62 bits per heavy atom. The van der Waals surface area contributed by atoms with E-state index < -0.39 is 12.0 Å². The summed E-state index contributed by atoms with van der Waals surface area (Å²) in [4.78, 5) is 11.1. The van der Waals surface area contributed by atoms with E-state index in [1.165, 1.54) is 6.42 Å². The topological polar surface area (TPSA) is 76.1 Å². The largest absolute Gasteiger partial charge is 0.460 e. The van der Waals surface area contributed by atoms with E-state index >= 15 is 0 Å². The molecule has 1 fully saturated rings. The van der Waals surface area contributed by atoms with E-state index in [0.29, 0.717) is 0 Å². The van der Waals surface area contributed by atoms with E-state index in [1.54, 1.807) is 6.07 Å². The van der Waals surface area contributed by atoms with Crippen molar-refractivity contribution < 1.29 is 9.53 Å². The van der Waals surface area contributed by atoms with Crippen LogP contribution in [0.5, 0.6) is 0 Å². The molecule has 0 aromatic heterocycles. The van der Waals surface area contributed by atoms with Crippen LogP contribution in [0, 0.1) is 11.3 Å². The quantitative estimate of drug-likeness (QED) is 0.638. The van der Waals surface area contributed by atoms with Gasteiger partial charge in [0, 0.05) is 0 Å². The van der Waals surface area contributed by atoms with Gasteiger partial charge >= 0.3 is 5.97 Å². The first-order valence-corrected chi connectivity index (χ1v) is 4.59. The van der Waals surface area contributed by atoms with Crippen LogP contribution in [0.15, 0.2) is 0 Å². The van der Waals surface area contributed by atoms with E-state index in [2.05, 4.69) is 0 Å². The van der Waals surface area contributed by atoms with Crippen LogP contribution in [0.4, 0.5) is 0 Å². The number of nitriles is 1. The van der Waals surface area contributed by atoms with Crippen LogP contribution < -0.4 is 5.73 Å². The Bertz CT molecular complexity index is 216. The molecule has 0 saturated heterocycles. The van der Waals surface area contributed by atoms with Crippen LogP contribution in [-0.2, 0) is 9.53 Å². The van der Waals surface area contributed by atoms with Crippen molar-refractivity contribution in [1.82, 2.24) is 0 Å². The molecule has 0 heterocycles. The lowest BCUT2D eigenvalue weighted by Gasteiger charge is -2.22. The van der Waals surface area contributed by atoms with Crippen LogP contribution in [-0.4, -0.2) is 18.1 Å². The van der Waals surface area contributed by atoms with E-state index in [1.807, 2.05) is 0 Å². The number of esters is 1. The summed E-state index contributed by atoms with van der Waals surface area (Å²) < 4.78 is 5.06. The molecule has 1 saturated carbocycles. The van der Waals surface area contributed by atoms with Gasteiger partial charge in [-0.15, -0.1) is 0 Å². The Kier molecular flexibility index (Phi) is 3.71. The predicted octanol–water partition coefficient (Wildman–Crippen LogP) is 0.713. The van der Waals surface area contributed by atoms with Gasteiger partial charge in [-0.05, 0) is 25.7 Å². The van der Waals surface area contributed by atoms with Crippen LogP contribution in [0.1, 0.15) is 32.1 Å². The van der Waals surface area contributed by atoms with Crippen molar-refractivity contribution in [2.24, 2.45) is 5.73 Å². The van der Waals surface area contributed by atoms with Gasteiger partial charge in [-0.1, -0.05) is 6.42 Å². The maximum atomic E-state index is 11.1. The summed E-state index contributed by atoms with van der Waals surface area (Å²) in [6.07, 6.45) is 5.20. The van der Waals surface area contributed by atoms with Gasteiger partial charge in [0.2, 0.25) is 0 Å². The molecular formula is C9H14N2O2. The third-order valence-electron chi connectivity index (χ3n) is 2.23. The smallest absolute Gasteiger partial charge is 0.338 e. The second kappa shape index (κ2) is 4.83. The molecule has 4 heteroatoms. The normalized spacial score (nSPS) is 20.3. The van der Waals surface area contributed by atoms with E-state index in [0.717, 1.165) is 25.7 Å². The lowest BCUT2D eigenvalue weighted by Crippen LogP contribution is -2.34. The third kappa shape index (κ3) is 3.03. The predicted molar refractivity (Wildman–Crippen MR) is 46.6 cm³/mol. The zero-order valence-corrected chi connectivity index (χ0v) is 7.53. The SMILES string of the molecule is N#CC(N)C(=O)OC1CCCCC1. The second-order valence-electron chi connectivity index (χ2n) is 3.30. The first kappa shape index (κ1) is 10.0. The summed E-state index contributed by atoms with van der Waals surface area (Å²) in [6.45, 7) is 0. The maximum absolute atomic E-state index is 11.1. The van der Waals surface area contributed by atoms with Crippen LogP contribution in [0.2, 0.25) is 0 Å². The summed E-state index contributed by atoms with van der Waals surface area (Å²) in [5.74, 6) is -0.589. The highest BCUT2D eigenvalue weighted by molar-refractivity contribution is 5.78. The average molecular weight is 182 g/mol. The Balaban J connectivity index is 2.31. The number of nitrogens with zero attached hydrogens (tertiary/aromatic N) is 1. The van der Waals surface area contributed by atoms with Gasteiger partial charge < -0.3 is 10.5 Å². The molecule has 1 unspecified atom stereocenters. The molecule has 1 rings (SSSR count). The van der Waals surface area contributed by atoms with Crippen molar-refractivity contribution in [3.8, 4) is 6.07 Å². The van der Waals surface area contributed by atoms with Crippen LogP contribution in [0.3, 0.4) is 0 Å². The Morgan fingerprint density at radius 1 is 1.46 bits per heavy atom. The summed E-state index contributed by atoms with van der Waals surface area (Å²) >= 11 is 0. The van der Waals surface area contributed by atoms with Gasteiger partial charge in [-0.2, -0.15) is 5.26 Å². The standard InChI is InChI=1S/C9H14N2O2/c10-6-8(11)9(12)13-7-4-2-1-3-5-7/h7-8H,1-5,11H2. The number of hydrogen-bond acceptors (Lipinski definition) is 4. The zero-order valence-electron chi connectivity index (χ0n) is 7.53. The fourth-order valence-electron chi connectivity index (χ4n) is 1.47. The first-order chi connectivity index (χ1) is 6.24. The van der Waals surface area contributed by atoms with Crippen molar-refractivity contribution in [1.29, 1.82) is 5.26 Å². The van der Waals surface area contributed by atoms with Gasteiger partial charge in [0.05, 0.1) is 6.07 Å². The number of rotatable bonds is 2. The van der Waals surface area contributed by atoms with E-state index in [4.69, 9.17) is 15.7 Å². The summed E-state index contributed by atoms with van der Waals surface area (Å²) in [7, 11) is 0. The minimum absolute atomic E-state index is 0.0133. The molecule has 0 aliphatic heterocycles. The minimum Gasteiger partial charge on any atom is -0.460 e. The number of carbonyl (C=O) groups excluding carboxylic acids is 1. The highest BCUT2D eigenvalue weighted by Gasteiger charge is 2.21. The van der Waals surface area contributed by atoms with Gasteiger partial charge in [0.25, 0.3) is 0 Å². The minimum atomic E-state index is -1.12. The number of hydrogen-bond donors (Lipinski definition) is 1. The molecule has 72 valence electrons. The van der Waals surface area contributed by atoms with Crippen LogP contribution in [0.25, 0.3) is 0 Å². The van der Waals surface area contributed by atoms with Gasteiger partial charge in [-0.3, -0.25) is 0 Å². The molecule has 0 spiro atoms. The highest BCUT2D eigenvalue weighted by Crippen LogP contribution is 2.20. The monoisotopic (exact) mass is 182 g/mol. The average Bonchev–Trinajstić information content (AvgIpc) is 2.18. The highest BCUT2D eigenvalue weighted by atomic mass is 16.5. The lowest BCUT2D eigenvalue weighted by atomic mass is 9.98. The molecule has 4 nitrogen and oxygen atoms in total. The molecule has 1 aliphatic rings. The molecule has 0 amide bonds. The van der Waals surface area contributed by atoms with Crippen molar-refractivity contribution in [3.63, 3.8) is 0 Å². The van der Waals surface area contributed by atoms with E-state index in [9.17, 15) is 4.79 Å². The molecular weight excluding hydrogens is 168 g/mol. The van der Waals surface area contributed by atoms with Crippen molar-refractivity contribution >= 4 is 5.97 Å². The molecule has 0 aromatic rings. The Hall–Kier alpha value is -1.08. The van der Waals surface area contributed by atoms with Crippen molar-refractivity contribution in [2.45, 2.75) is 44.2 Å². The number of ether oxygens (including phenoxy) is 1. The number of nitrogens with two attached hydrogens (primary N) is 1. The lowest BCUT2D eigenvalue weighted by molar-refractivity contribution is -0.150. The zero-order chi connectivity index (χ0) is 9.68. The molecule has 0 aromatic carbocycles. The van der Waals surface area contributed by atoms with Gasteiger partial charge in [0.1, 0.15) is 6.10 Å². The second-order valence-corrected chi connectivity index (χ2v) is 3.30. The molecule has 0 radical (unpaired) electrons. The molecule has 1 atom stereocenters. The third-order valence-corrected chi connectivity index (χ3v) is 2.23. The molecule has 0 bridgehead atoms. The van der Waals surface area contributed by atoms with Crippen molar-refractivity contribution in [2.75, 3.05) is 0 Å². The van der Waals surface area contributed by atoms with Gasteiger partial charge in [-0.25, -0.2) is 4.79 Å². The molecule has 2 N–H and O–H groups in total. The Labute approximate surface area is 77.7 Å². The maximum Gasteiger partial charge on any atom is 0.338 e. The van der Waals surface area contributed by atoms with Crippen LogP contribution >= 0.6 is 0 Å². The fraction of sp³-hybridized carbons (Fsp3) is 0.778. The Morgan fingerprint density at radius 2 is 2.08 bits per heavy atom. The first-order valence-electron chi connectivity index (χ1n) is 4.59. The van der Waals surface area contributed by atoms with Crippen molar-refractivity contribution in [3.05, 3.63) is 0 Å². The summed E-state index contributed by atoms with van der Waals surface area (Å²) in [6, 6.07) is 0.534. The number of carbonyl (C=O) groups is 1. The van der Waals surface area contributed by atoms with E-state index in [-0.39, 0.29) is 6.10 Å². The fourth-order valence-corrected chi connectivity index (χ4v) is 1.47. The summed E-state index contributed by atoms with van der Waals surface area (Å²) in [5.41, 5.74) is 5.20. The summed E-state index contributed by atoms with van der Waals surface area (Å²) in [5, 5.41) is 8.36. The van der Waals surface area contributed by atoms with Gasteiger partial charge in [0.15, 0.2) is 6.04 Å². The molecule has 1 aliphatic carbocycles. The molecule has 13 heavy (non-hydrogen) atoms.